The topological polar surface area (TPSA) is 30.5 Å². The van der Waals surface area contributed by atoms with Crippen molar-refractivity contribution in [3.8, 4) is 11.5 Å². The first-order chi connectivity index (χ1) is 10.9. The van der Waals surface area contributed by atoms with E-state index in [0.717, 1.165) is 30.9 Å². The molecule has 2 aromatic carbocycles. The Morgan fingerprint density at radius 1 is 1.00 bits per heavy atom. The van der Waals surface area contributed by atoms with E-state index >= 15 is 0 Å². The molecule has 1 atom stereocenters. The average Bonchev–Trinajstić information content (AvgIpc) is 2.59. The second kappa shape index (κ2) is 8.80. The third-order valence-corrected chi connectivity index (χ3v) is 3.94. The summed E-state index contributed by atoms with van der Waals surface area (Å²) in [6, 6.07) is 17.2. The first-order valence-corrected chi connectivity index (χ1v) is 8.03. The molecule has 0 bridgehead atoms. The summed E-state index contributed by atoms with van der Waals surface area (Å²) < 4.78 is 11.2. The van der Waals surface area contributed by atoms with Gasteiger partial charge in [0.15, 0.2) is 11.5 Å². The minimum atomic E-state index is 0. The molecule has 0 fully saturated rings. The van der Waals surface area contributed by atoms with Crippen LogP contribution in [0.4, 0.5) is 0 Å². The van der Waals surface area contributed by atoms with Crippen LogP contribution in [-0.2, 0) is 6.54 Å². The van der Waals surface area contributed by atoms with Gasteiger partial charge >= 0.3 is 0 Å². The quantitative estimate of drug-likeness (QED) is 0.843. The lowest BCUT2D eigenvalue weighted by Crippen LogP contribution is -2.21. The molecule has 0 amide bonds. The van der Waals surface area contributed by atoms with Crippen LogP contribution in [0.1, 0.15) is 36.9 Å². The van der Waals surface area contributed by atoms with Gasteiger partial charge in [-0.3, -0.25) is 0 Å². The second-order valence-corrected chi connectivity index (χ2v) is 5.61. The Labute approximate surface area is 144 Å². The molecule has 1 unspecified atom stereocenters. The number of hydrogen-bond donors (Lipinski definition) is 1. The zero-order valence-electron chi connectivity index (χ0n) is 13.5. The Bertz CT molecular complexity index is 604. The van der Waals surface area contributed by atoms with Crippen molar-refractivity contribution in [2.24, 2.45) is 0 Å². The maximum absolute atomic E-state index is 5.65. The lowest BCUT2D eigenvalue weighted by Gasteiger charge is -2.21. The molecular formula is C19H24ClNO2. The van der Waals surface area contributed by atoms with Crippen LogP contribution in [0.25, 0.3) is 0 Å². The van der Waals surface area contributed by atoms with Crippen LogP contribution in [0.5, 0.6) is 11.5 Å². The van der Waals surface area contributed by atoms with Gasteiger partial charge in [0.1, 0.15) is 13.2 Å². The van der Waals surface area contributed by atoms with Crippen molar-refractivity contribution in [2.75, 3.05) is 13.2 Å². The molecule has 1 aliphatic heterocycles. The van der Waals surface area contributed by atoms with Crippen molar-refractivity contribution in [3.05, 3.63) is 59.7 Å². The molecule has 1 aliphatic rings. The largest absolute Gasteiger partial charge is 0.486 e. The zero-order chi connectivity index (χ0) is 15.2. The standard InChI is InChI=1S/C19H23NO2.ClH/c1-2-6-17(16-7-4-3-5-8-16)20-14-15-9-10-18-19(13-15)22-12-11-21-18;/h3-5,7-10,13,17,20H,2,6,11-12,14H2,1H3;1H. The first kappa shape index (κ1) is 17.6. The Morgan fingerprint density at radius 3 is 2.48 bits per heavy atom. The van der Waals surface area contributed by atoms with Crippen molar-refractivity contribution >= 4 is 12.4 Å². The molecule has 1 heterocycles. The van der Waals surface area contributed by atoms with Crippen LogP contribution in [0, 0.1) is 0 Å². The van der Waals surface area contributed by atoms with Crippen molar-refractivity contribution in [1.29, 1.82) is 0 Å². The Kier molecular flexibility index (Phi) is 6.75. The van der Waals surface area contributed by atoms with Crippen LogP contribution >= 0.6 is 12.4 Å². The Hall–Kier alpha value is -1.71. The highest BCUT2D eigenvalue weighted by atomic mass is 35.5. The highest BCUT2D eigenvalue weighted by molar-refractivity contribution is 5.85. The minimum absolute atomic E-state index is 0. The SMILES string of the molecule is CCCC(NCc1ccc2c(c1)OCCO2)c1ccccc1.Cl. The molecule has 4 heteroatoms. The van der Waals surface area contributed by atoms with E-state index in [2.05, 4.69) is 54.7 Å². The van der Waals surface area contributed by atoms with Crippen LogP contribution in [0.15, 0.2) is 48.5 Å². The molecule has 0 spiro atoms. The van der Waals surface area contributed by atoms with Gasteiger partial charge in [0.05, 0.1) is 0 Å². The first-order valence-electron chi connectivity index (χ1n) is 8.03. The molecule has 0 aliphatic carbocycles. The average molecular weight is 334 g/mol. The summed E-state index contributed by atoms with van der Waals surface area (Å²) in [4.78, 5) is 0. The number of benzene rings is 2. The lowest BCUT2D eigenvalue weighted by molar-refractivity contribution is 0.171. The molecule has 23 heavy (non-hydrogen) atoms. The fourth-order valence-corrected chi connectivity index (χ4v) is 2.80. The van der Waals surface area contributed by atoms with Gasteiger partial charge in [-0.1, -0.05) is 49.7 Å². The van der Waals surface area contributed by atoms with E-state index in [1.54, 1.807) is 0 Å². The summed E-state index contributed by atoms with van der Waals surface area (Å²) in [5.41, 5.74) is 2.57. The number of halogens is 1. The van der Waals surface area contributed by atoms with Gasteiger partial charge in [0.2, 0.25) is 0 Å². The summed E-state index contributed by atoms with van der Waals surface area (Å²) in [7, 11) is 0. The summed E-state index contributed by atoms with van der Waals surface area (Å²) in [5.74, 6) is 1.71. The summed E-state index contributed by atoms with van der Waals surface area (Å²) in [6.07, 6.45) is 2.29. The molecule has 1 N–H and O–H groups in total. The van der Waals surface area contributed by atoms with E-state index in [1.807, 2.05) is 6.07 Å². The van der Waals surface area contributed by atoms with E-state index in [-0.39, 0.29) is 12.4 Å². The van der Waals surface area contributed by atoms with Crippen molar-refractivity contribution in [1.82, 2.24) is 5.32 Å². The number of nitrogens with one attached hydrogen (secondary N) is 1. The number of fused-ring (bicyclic) bond motifs is 1. The molecule has 0 radical (unpaired) electrons. The Balaban J connectivity index is 0.00000192. The molecule has 2 aromatic rings. The van der Waals surface area contributed by atoms with Crippen molar-refractivity contribution in [2.45, 2.75) is 32.4 Å². The van der Waals surface area contributed by atoms with Crippen LogP contribution in [0.3, 0.4) is 0 Å². The summed E-state index contributed by atoms with van der Waals surface area (Å²) in [6.45, 7) is 4.32. The van der Waals surface area contributed by atoms with E-state index < -0.39 is 0 Å². The van der Waals surface area contributed by atoms with Gasteiger partial charge in [0.25, 0.3) is 0 Å². The fourth-order valence-electron chi connectivity index (χ4n) is 2.80. The third-order valence-electron chi connectivity index (χ3n) is 3.94. The van der Waals surface area contributed by atoms with E-state index in [0.29, 0.717) is 19.3 Å². The van der Waals surface area contributed by atoms with Gasteiger partial charge in [-0.25, -0.2) is 0 Å². The third kappa shape index (κ3) is 4.63. The molecule has 0 saturated heterocycles. The maximum Gasteiger partial charge on any atom is 0.161 e. The monoisotopic (exact) mass is 333 g/mol. The molecule has 3 rings (SSSR count). The molecular weight excluding hydrogens is 310 g/mol. The highest BCUT2D eigenvalue weighted by Gasteiger charge is 2.13. The van der Waals surface area contributed by atoms with Gasteiger partial charge in [0, 0.05) is 12.6 Å². The molecule has 0 saturated carbocycles. The lowest BCUT2D eigenvalue weighted by atomic mass is 10.0. The fraction of sp³-hybridized carbons (Fsp3) is 0.368. The number of hydrogen-bond acceptors (Lipinski definition) is 3. The van der Waals surface area contributed by atoms with E-state index in [9.17, 15) is 0 Å². The van der Waals surface area contributed by atoms with Crippen molar-refractivity contribution in [3.63, 3.8) is 0 Å². The number of rotatable bonds is 6. The normalized spacial score (nSPS) is 14.0. The zero-order valence-corrected chi connectivity index (χ0v) is 14.3. The number of ether oxygens (including phenoxy) is 2. The second-order valence-electron chi connectivity index (χ2n) is 5.61. The molecule has 124 valence electrons. The van der Waals surface area contributed by atoms with Crippen LogP contribution < -0.4 is 14.8 Å². The van der Waals surface area contributed by atoms with Crippen LogP contribution in [-0.4, -0.2) is 13.2 Å². The Morgan fingerprint density at radius 2 is 1.74 bits per heavy atom. The van der Waals surface area contributed by atoms with E-state index in [1.165, 1.54) is 11.1 Å². The van der Waals surface area contributed by atoms with Crippen LogP contribution in [0.2, 0.25) is 0 Å². The summed E-state index contributed by atoms with van der Waals surface area (Å²) in [5, 5.41) is 3.66. The minimum Gasteiger partial charge on any atom is -0.486 e. The van der Waals surface area contributed by atoms with Gasteiger partial charge < -0.3 is 14.8 Å². The maximum atomic E-state index is 5.65. The molecule has 3 nitrogen and oxygen atoms in total. The smallest absolute Gasteiger partial charge is 0.161 e. The highest BCUT2D eigenvalue weighted by Crippen LogP contribution is 2.31. The predicted octanol–water partition coefficient (Wildman–Crippen LogP) is 4.51. The van der Waals surface area contributed by atoms with Gasteiger partial charge in [-0.15, -0.1) is 12.4 Å². The molecule has 0 aromatic heterocycles. The van der Waals surface area contributed by atoms with Crippen molar-refractivity contribution < 1.29 is 9.47 Å². The summed E-state index contributed by atoms with van der Waals surface area (Å²) >= 11 is 0. The predicted molar refractivity (Wildman–Crippen MR) is 95.6 cm³/mol. The van der Waals surface area contributed by atoms with E-state index in [4.69, 9.17) is 9.47 Å². The van der Waals surface area contributed by atoms with Gasteiger partial charge in [-0.2, -0.15) is 0 Å². The van der Waals surface area contributed by atoms with Gasteiger partial charge in [-0.05, 0) is 29.7 Å².